The number of carbonyl (C=O) groups is 1. The quantitative estimate of drug-likeness (QED) is 0.390. The Hall–Kier alpha value is -3.27. The second-order valence-electron chi connectivity index (χ2n) is 9.69. The lowest BCUT2D eigenvalue weighted by atomic mass is 9.86. The molecule has 0 unspecified atom stereocenters. The first-order chi connectivity index (χ1) is 15.9. The SMILES string of the molecule is CCCCCOc1ccc(N2C(=O)c3ccccc3N[C@H]2c2ccc(C(C)(C)C)cc2)cc1. The zero-order chi connectivity index (χ0) is 23.4. The van der Waals surface area contributed by atoms with Gasteiger partial charge in [-0.05, 0) is 59.4 Å². The number of para-hydroxylation sites is 1. The van der Waals surface area contributed by atoms with E-state index in [2.05, 4.69) is 57.3 Å². The number of benzene rings is 3. The molecule has 4 heteroatoms. The molecule has 4 nitrogen and oxygen atoms in total. The van der Waals surface area contributed by atoms with Crippen LogP contribution in [0.15, 0.2) is 72.8 Å². The number of nitrogens with one attached hydrogen (secondary N) is 1. The van der Waals surface area contributed by atoms with E-state index in [0.29, 0.717) is 12.2 Å². The number of hydrogen-bond acceptors (Lipinski definition) is 3. The standard InChI is InChI=1S/C29H34N2O2/c1-5-6-9-20-33-24-18-16-23(17-19-24)31-27(21-12-14-22(15-13-21)29(2,3)4)30-26-11-8-7-10-25(26)28(31)32/h7-8,10-19,27,30H,5-6,9,20H2,1-4H3/t27-/m1/s1. The number of carbonyl (C=O) groups excluding carboxylic acids is 1. The van der Waals surface area contributed by atoms with Crippen LogP contribution >= 0.6 is 0 Å². The van der Waals surface area contributed by atoms with Gasteiger partial charge in [-0.2, -0.15) is 0 Å². The molecule has 0 spiro atoms. The van der Waals surface area contributed by atoms with Crippen LogP contribution in [0.1, 0.15) is 74.6 Å². The molecule has 3 aromatic rings. The number of anilines is 2. The topological polar surface area (TPSA) is 41.6 Å². The molecule has 4 rings (SSSR count). The van der Waals surface area contributed by atoms with Crippen LogP contribution in [0.2, 0.25) is 0 Å². The summed E-state index contributed by atoms with van der Waals surface area (Å²) in [6.07, 6.45) is 3.10. The molecular formula is C29H34N2O2. The van der Waals surface area contributed by atoms with Gasteiger partial charge in [0.1, 0.15) is 11.9 Å². The first-order valence-electron chi connectivity index (χ1n) is 11.9. The van der Waals surface area contributed by atoms with Crippen molar-refractivity contribution in [3.8, 4) is 5.75 Å². The van der Waals surface area contributed by atoms with Gasteiger partial charge in [-0.1, -0.05) is 76.9 Å². The number of amides is 1. The fourth-order valence-electron chi connectivity index (χ4n) is 4.16. The highest BCUT2D eigenvalue weighted by Gasteiger charge is 2.34. The van der Waals surface area contributed by atoms with Gasteiger partial charge in [0.15, 0.2) is 0 Å². The van der Waals surface area contributed by atoms with Crippen LogP contribution in [0, 0.1) is 0 Å². The molecule has 0 saturated carbocycles. The van der Waals surface area contributed by atoms with Crippen LogP contribution in [0.3, 0.4) is 0 Å². The zero-order valence-corrected chi connectivity index (χ0v) is 20.1. The van der Waals surface area contributed by atoms with E-state index in [4.69, 9.17) is 4.74 Å². The summed E-state index contributed by atoms with van der Waals surface area (Å²) in [5.41, 5.74) is 4.77. The van der Waals surface area contributed by atoms with Crippen LogP contribution in [0.25, 0.3) is 0 Å². The Balaban J connectivity index is 1.65. The van der Waals surface area contributed by atoms with Crippen LogP contribution in [0.5, 0.6) is 5.75 Å². The number of rotatable bonds is 7. The lowest BCUT2D eigenvalue weighted by Crippen LogP contribution is -2.43. The maximum Gasteiger partial charge on any atom is 0.262 e. The molecule has 0 saturated heterocycles. The van der Waals surface area contributed by atoms with Gasteiger partial charge in [0, 0.05) is 11.4 Å². The van der Waals surface area contributed by atoms with E-state index < -0.39 is 0 Å². The normalized spacial score (nSPS) is 15.7. The third kappa shape index (κ3) is 5.05. The average molecular weight is 443 g/mol. The van der Waals surface area contributed by atoms with Gasteiger partial charge < -0.3 is 10.1 Å². The van der Waals surface area contributed by atoms with Crippen molar-refractivity contribution in [3.05, 3.63) is 89.5 Å². The van der Waals surface area contributed by atoms with Crippen molar-refractivity contribution in [2.24, 2.45) is 0 Å². The Kier molecular flexibility index (Phi) is 6.73. The highest BCUT2D eigenvalue weighted by molar-refractivity contribution is 6.12. The minimum absolute atomic E-state index is 0.00846. The third-order valence-corrected chi connectivity index (χ3v) is 6.15. The molecule has 0 aliphatic carbocycles. The summed E-state index contributed by atoms with van der Waals surface area (Å²) in [5.74, 6) is 0.824. The number of unbranched alkanes of at least 4 members (excludes halogenated alkanes) is 2. The van der Waals surface area contributed by atoms with Crippen molar-refractivity contribution >= 4 is 17.3 Å². The molecule has 1 amide bonds. The van der Waals surface area contributed by atoms with Crippen molar-refractivity contribution in [3.63, 3.8) is 0 Å². The van der Waals surface area contributed by atoms with E-state index in [9.17, 15) is 4.79 Å². The van der Waals surface area contributed by atoms with Crippen molar-refractivity contribution in [2.75, 3.05) is 16.8 Å². The van der Waals surface area contributed by atoms with Crippen molar-refractivity contribution in [2.45, 2.75) is 58.5 Å². The molecule has 1 N–H and O–H groups in total. The molecule has 1 heterocycles. The Morgan fingerprint density at radius 2 is 1.61 bits per heavy atom. The third-order valence-electron chi connectivity index (χ3n) is 6.15. The summed E-state index contributed by atoms with van der Waals surface area (Å²) < 4.78 is 5.87. The minimum Gasteiger partial charge on any atom is -0.494 e. The Morgan fingerprint density at radius 3 is 2.27 bits per heavy atom. The summed E-state index contributed by atoms with van der Waals surface area (Å²) in [5, 5.41) is 3.59. The molecule has 1 aliphatic heterocycles. The first-order valence-corrected chi connectivity index (χ1v) is 11.9. The Bertz CT molecular complexity index is 1080. The second-order valence-corrected chi connectivity index (χ2v) is 9.69. The molecule has 3 aromatic carbocycles. The fourth-order valence-corrected chi connectivity index (χ4v) is 4.16. The monoisotopic (exact) mass is 442 g/mol. The van der Waals surface area contributed by atoms with Gasteiger partial charge in [-0.3, -0.25) is 9.69 Å². The highest BCUT2D eigenvalue weighted by atomic mass is 16.5. The molecule has 0 bridgehead atoms. The van der Waals surface area contributed by atoms with Crippen LogP contribution in [0.4, 0.5) is 11.4 Å². The maximum absolute atomic E-state index is 13.6. The Labute approximate surface area is 197 Å². The molecule has 1 aliphatic rings. The van der Waals surface area contributed by atoms with E-state index in [1.807, 2.05) is 53.4 Å². The smallest absolute Gasteiger partial charge is 0.262 e. The molecule has 172 valence electrons. The van der Waals surface area contributed by atoms with E-state index in [-0.39, 0.29) is 17.5 Å². The summed E-state index contributed by atoms with van der Waals surface area (Å²) in [7, 11) is 0. The molecule has 0 radical (unpaired) electrons. The molecule has 0 fully saturated rings. The second kappa shape index (κ2) is 9.70. The van der Waals surface area contributed by atoms with Gasteiger partial charge in [-0.15, -0.1) is 0 Å². The van der Waals surface area contributed by atoms with E-state index in [1.165, 1.54) is 18.4 Å². The average Bonchev–Trinajstić information content (AvgIpc) is 2.82. The molecule has 33 heavy (non-hydrogen) atoms. The summed E-state index contributed by atoms with van der Waals surface area (Å²) in [6, 6.07) is 24.1. The van der Waals surface area contributed by atoms with Crippen molar-refractivity contribution in [1.82, 2.24) is 0 Å². The molecule has 0 aromatic heterocycles. The number of fused-ring (bicyclic) bond motifs is 1. The predicted octanol–water partition coefficient (Wildman–Crippen LogP) is 7.32. The van der Waals surface area contributed by atoms with E-state index >= 15 is 0 Å². The summed E-state index contributed by atoms with van der Waals surface area (Å²) in [6.45, 7) is 9.52. The number of hydrogen-bond donors (Lipinski definition) is 1. The van der Waals surface area contributed by atoms with Crippen molar-refractivity contribution < 1.29 is 9.53 Å². The zero-order valence-electron chi connectivity index (χ0n) is 20.1. The first kappa shape index (κ1) is 22.9. The molecular weight excluding hydrogens is 408 g/mol. The van der Waals surface area contributed by atoms with E-state index in [1.54, 1.807) is 0 Å². The maximum atomic E-state index is 13.6. The van der Waals surface area contributed by atoms with Gasteiger partial charge in [-0.25, -0.2) is 0 Å². The van der Waals surface area contributed by atoms with Crippen LogP contribution < -0.4 is 15.0 Å². The summed E-state index contributed by atoms with van der Waals surface area (Å²) in [4.78, 5) is 15.5. The summed E-state index contributed by atoms with van der Waals surface area (Å²) >= 11 is 0. The Morgan fingerprint density at radius 1 is 0.909 bits per heavy atom. The molecule has 1 atom stereocenters. The minimum atomic E-state index is -0.294. The van der Waals surface area contributed by atoms with Crippen LogP contribution in [-0.2, 0) is 5.41 Å². The lowest BCUT2D eigenvalue weighted by Gasteiger charge is -2.38. The predicted molar refractivity (Wildman–Crippen MR) is 136 cm³/mol. The van der Waals surface area contributed by atoms with Gasteiger partial charge in [0.05, 0.1) is 12.2 Å². The highest BCUT2D eigenvalue weighted by Crippen LogP contribution is 2.37. The van der Waals surface area contributed by atoms with Crippen LogP contribution in [-0.4, -0.2) is 12.5 Å². The van der Waals surface area contributed by atoms with Gasteiger partial charge in [0.25, 0.3) is 5.91 Å². The van der Waals surface area contributed by atoms with Crippen molar-refractivity contribution in [1.29, 1.82) is 0 Å². The fraction of sp³-hybridized carbons (Fsp3) is 0.345. The van der Waals surface area contributed by atoms with E-state index in [0.717, 1.165) is 29.1 Å². The lowest BCUT2D eigenvalue weighted by molar-refractivity contribution is 0.0975. The van der Waals surface area contributed by atoms with Gasteiger partial charge >= 0.3 is 0 Å². The number of nitrogens with zero attached hydrogens (tertiary/aromatic N) is 1. The number of ether oxygens (including phenoxy) is 1. The van der Waals surface area contributed by atoms with Gasteiger partial charge in [0.2, 0.25) is 0 Å². The largest absolute Gasteiger partial charge is 0.494 e.